The first-order valence-corrected chi connectivity index (χ1v) is 6.20. The fourth-order valence-corrected chi connectivity index (χ4v) is 2.01. The number of nitrogens with one attached hydrogen (secondary N) is 1. The van der Waals surface area contributed by atoms with Gasteiger partial charge in [-0.2, -0.15) is 0 Å². The molecule has 1 heterocycles. The van der Waals surface area contributed by atoms with Crippen molar-refractivity contribution in [2.24, 2.45) is 0 Å². The second kappa shape index (κ2) is 6.25. The number of alkyl halides is 3. The van der Waals surface area contributed by atoms with E-state index in [2.05, 4.69) is 10.1 Å². The molecule has 0 radical (unpaired) electrons. The molecule has 1 aromatic rings. The normalized spacial score (nSPS) is 20.3. The third-order valence-corrected chi connectivity index (χ3v) is 2.87. The van der Waals surface area contributed by atoms with Crippen molar-refractivity contribution in [3.63, 3.8) is 0 Å². The van der Waals surface area contributed by atoms with Gasteiger partial charge < -0.3 is 14.8 Å². The summed E-state index contributed by atoms with van der Waals surface area (Å²) in [7, 11) is 0. The van der Waals surface area contributed by atoms with Gasteiger partial charge in [0.05, 0.1) is 12.7 Å². The van der Waals surface area contributed by atoms with Gasteiger partial charge in [0, 0.05) is 6.54 Å². The van der Waals surface area contributed by atoms with Crippen molar-refractivity contribution >= 4 is 0 Å². The Labute approximate surface area is 109 Å². The van der Waals surface area contributed by atoms with Crippen molar-refractivity contribution < 1.29 is 22.6 Å². The number of piperidine rings is 1. The van der Waals surface area contributed by atoms with E-state index >= 15 is 0 Å². The first-order chi connectivity index (χ1) is 9.03. The van der Waals surface area contributed by atoms with E-state index in [-0.39, 0.29) is 11.9 Å². The molecule has 1 unspecified atom stereocenters. The maximum atomic E-state index is 12.1. The number of ether oxygens (including phenoxy) is 2. The Morgan fingerprint density at radius 3 is 2.84 bits per heavy atom. The molecule has 106 valence electrons. The van der Waals surface area contributed by atoms with Crippen LogP contribution in [0.4, 0.5) is 13.2 Å². The monoisotopic (exact) mass is 275 g/mol. The van der Waals surface area contributed by atoms with Crippen LogP contribution < -0.4 is 10.1 Å². The molecule has 6 heteroatoms. The molecule has 0 amide bonds. The smallest absolute Gasteiger partial charge is 0.406 e. The van der Waals surface area contributed by atoms with Crippen LogP contribution in [0.15, 0.2) is 24.3 Å². The highest BCUT2D eigenvalue weighted by Crippen LogP contribution is 2.23. The molecule has 1 saturated heterocycles. The van der Waals surface area contributed by atoms with E-state index in [0.29, 0.717) is 12.2 Å². The SMILES string of the molecule is FC(F)(F)Oc1cccc(COC2CCCNC2)c1. The van der Waals surface area contributed by atoms with Crippen LogP contribution in [0.1, 0.15) is 18.4 Å². The van der Waals surface area contributed by atoms with Crippen molar-refractivity contribution in [2.45, 2.75) is 31.9 Å². The average molecular weight is 275 g/mol. The van der Waals surface area contributed by atoms with Crippen LogP contribution in [0, 0.1) is 0 Å². The van der Waals surface area contributed by atoms with Gasteiger partial charge in [-0.3, -0.25) is 0 Å². The molecule has 0 spiro atoms. The van der Waals surface area contributed by atoms with Crippen molar-refractivity contribution in [1.82, 2.24) is 5.32 Å². The van der Waals surface area contributed by atoms with Gasteiger partial charge in [-0.15, -0.1) is 13.2 Å². The van der Waals surface area contributed by atoms with Gasteiger partial charge in [0.25, 0.3) is 0 Å². The Morgan fingerprint density at radius 1 is 1.32 bits per heavy atom. The first-order valence-electron chi connectivity index (χ1n) is 6.20. The molecular formula is C13H16F3NO2. The summed E-state index contributed by atoms with van der Waals surface area (Å²) in [6.07, 6.45) is -2.50. The minimum Gasteiger partial charge on any atom is -0.406 e. The zero-order valence-corrected chi connectivity index (χ0v) is 10.4. The summed E-state index contributed by atoms with van der Waals surface area (Å²) in [5.41, 5.74) is 0.673. The number of hydrogen-bond donors (Lipinski definition) is 1. The quantitative estimate of drug-likeness (QED) is 0.916. The minimum absolute atomic E-state index is 0.126. The zero-order valence-electron chi connectivity index (χ0n) is 10.4. The van der Waals surface area contributed by atoms with Crippen LogP contribution in [0.25, 0.3) is 0 Å². The molecule has 1 N–H and O–H groups in total. The second-order valence-electron chi connectivity index (χ2n) is 4.47. The lowest BCUT2D eigenvalue weighted by molar-refractivity contribution is -0.274. The van der Waals surface area contributed by atoms with E-state index in [1.54, 1.807) is 6.07 Å². The Hall–Kier alpha value is -1.27. The Morgan fingerprint density at radius 2 is 2.16 bits per heavy atom. The summed E-state index contributed by atoms with van der Waals surface area (Å²) in [5.74, 6) is -0.213. The summed E-state index contributed by atoms with van der Waals surface area (Å²) >= 11 is 0. The summed E-state index contributed by atoms with van der Waals surface area (Å²) < 4.78 is 45.8. The number of halogens is 3. The van der Waals surface area contributed by atoms with E-state index in [1.807, 2.05) is 0 Å². The van der Waals surface area contributed by atoms with Crippen LogP contribution in [-0.2, 0) is 11.3 Å². The lowest BCUT2D eigenvalue weighted by Crippen LogP contribution is -2.35. The van der Waals surface area contributed by atoms with E-state index in [4.69, 9.17) is 4.74 Å². The highest BCUT2D eigenvalue weighted by atomic mass is 19.4. The second-order valence-corrected chi connectivity index (χ2v) is 4.47. The highest BCUT2D eigenvalue weighted by Gasteiger charge is 2.31. The van der Waals surface area contributed by atoms with E-state index in [1.165, 1.54) is 18.2 Å². The number of benzene rings is 1. The third kappa shape index (κ3) is 5.08. The minimum atomic E-state index is -4.66. The van der Waals surface area contributed by atoms with Crippen LogP contribution in [0.3, 0.4) is 0 Å². The van der Waals surface area contributed by atoms with Gasteiger partial charge in [-0.25, -0.2) is 0 Å². The van der Waals surface area contributed by atoms with E-state index in [0.717, 1.165) is 25.9 Å². The summed E-state index contributed by atoms with van der Waals surface area (Å²) in [6.45, 7) is 2.08. The molecule has 0 bridgehead atoms. The fourth-order valence-electron chi connectivity index (χ4n) is 2.01. The molecule has 0 aliphatic carbocycles. The van der Waals surface area contributed by atoms with Crippen molar-refractivity contribution in [3.05, 3.63) is 29.8 Å². The predicted molar refractivity (Wildman–Crippen MR) is 63.8 cm³/mol. The molecular weight excluding hydrogens is 259 g/mol. The molecule has 0 saturated carbocycles. The van der Waals surface area contributed by atoms with Gasteiger partial charge in [0.1, 0.15) is 5.75 Å². The lowest BCUT2D eigenvalue weighted by atomic mass is 10.1. The zero-order chi connectivity index (χ0) is 13.7. The Kier molecular flexibility index (Phi) is 4.66. The van der Waals surface area contributed by atoms with E-state index < -0.39 is 6.36 Å². The van der Waals surface area contributed by atoms with Crippen LogP contribution in [-0.4, -0.2) is 25.6 Å². The standard InChI is InChI=1S/C13H16F3NO2/c14-13(15,16)19-11-4-1-3-10(7-11)9-18-12-5-2-6-17-8-12/h1,3-4,7,12,17H,2,5-6,8-9H2. The average Bonchev–Trinajstić information content (AvgIpc) is 2.36. The summed E-state index contributed by atoms with van der Waals surface area (Å²) in [5, 5.41) is 3.22. The summed E-state index contributed by atoms with van der Waals surface area (Å²) in [4.78, 5) is 0. The number of rotatable bonds is 4. The topological polar surface area (TPSA) is 30.5 Å². The molecule has 2 rings (SSSR count). The van der Waals surface area contributed by atoms with Crippen LogP contribution in [0.2, 0.25) is 0 Å². The van der Waals surface area contributed by atoms with Gasteiger partial charge in [0.2, 0.25) is 0 Å². The fraction of sp³-hybridized carbons (Fsp3) is 0.538. The highest BCUT2D eigenvalue weighted by molar-refractivity contribution is 5.28. The molecule has 1 aliphatic heterocycles. The number of hydrogen-bond acceptors (Lipinski definition) is 3. The molecule has 3 nitrogen and oxygen atoms in total. The maximum absolute atomic E-state index is 12.1. The largest absolute Gasteiger partial charge is 0.573 e. The van der Waals surface area contributed by atoms with Gasteiger partial charge >= 0.3 is 6.36 Å². The third-order valence-electron chi connectivity index (χ3n) is 2.87. The molecule has 1 fully saturated rings. The predicted octanol–water partition coefficient (Wildman–Crippen LogP) is 2.85. The van der Waals surface area contributed by atoms with Crippen LogP contribution in [0.5, 0.6) is 5.75 Å². The van der Waals surface area contributed by atoms with Gasteiger partial charge in [0.15, 0.2) is 0 Å². The molecule has 1 aromatic carbocycles. The lowest BCUT2D eigenvalue weighted by Gasteiger charge is -2.23. The van der Waals surface area contributed by atoms with E-state index in [9.17, 15) is 13.2 Å². The van der Waals surface area contributed by atoms with Gasteiger partial charge in [-0.05, 0) is 37.1 Å². The molecule has 19 heavy (non-hydrogen) atoms. The van der Waals surface area contributed by atoms with Crippen molar-refractivity contribution in [3.8, 4) is 5.75 Å². The first kappa shape index (κ1) is 14.1. The maximum Gasteiger partial charge on any atom is 0.573 e. The van der Waals surface area contributed by atoms with Crippen molar-refractivity contribution in [1.29, 1.82) is 0 Å². The molecule has 1 atom stereocenters. The molecule has 1 aliphatic rings. The van der Waals surface area contributed by atoms with Crippen LogP contribution >= 0.6 is 0 Å². The van der Waals surface area contributed by atoms with Crippen molar-refractivity contribution in [2.75, 3.05) is 13.1 Å². The summed E-state index contributed by atoms with van der Waals surface area (Å²) in [6, 6.07) is 5.88. The molecule has 0 aromatic heterocycles. The Balaban J connectivity index is 1.87. The van der Waals surface area contributed by atoms with Gasteiger partial charge in [-0.1, -0.05) is 12.1 Å². The Bertz CT molecular complexity index is 403.